The molecule has 16 heteroatoms. The van der Waals surface area contributed by atoms with Gasteiger partial charge >= 0.3 is 0 Å². The zero-order valence-electron chi connectivity index (χ0n) is 28.5. The molecule has 0 saturated carbocycles. The van der Waals surface area contributed by atoms with Gasteiger partial charge in [-0.1, -0.05) is 12.1 Å². The lowest BCUT2D eigenvalue weighted by Crippen LogP contribution is -2.47. The maximum Gasteiger partial charge on any atom is 0.300 e. The third-order valence-corrected chi connectivity index (χ3v) is 9.53. The maximum atomic E-state index is 13.4. The predicted octanol–water partition coefficient (Wildman–Crippen LogP) is 2.94. The molecular formula is C36H38N10O6. The number of aryl methyl sites for hydroxylation is 1. The van der Waals surface area contributed by atoms with E-state index in [2.05, 4.69) is 35.7 Å². The lowest BCUT2D eigenvalue weighted by atomic mass is 10.1. The SMILES string of the molecule is Cc1cc(-c2nc(C(=O)Nc3cc4oc(N5CCN(Cc6ccc(NC7CCC(=O)NC7=O)cc6)CC5)nc4nc3N3CC[C@@H](O)C3)co2)ccn1. The van der Waals surface area contributed by atoms with Crippen LogP contribution in [-0.2, 0) is 16.1 Å². The number of benzene rings is 1. The Labute approximate surface area is 298 Å². The van der Waals surface area contributed by atoms with Gasteiger partial charge in [-0.2, -0.15) is 4.98 Å². The van der Waals surface area contributed by atoms with Gasteiger partial charge in [0.2, 0.25) is 23.4 Å². The fraction of sp³-hybridized carbons (Fsp3) is 0.361. The summed E-state index contributed by atoms with van der Waals surface area (Å²) >= 11 is 0. The minimum Gasteiger partial charge on any atom is -0.444 e. The Morgan fingerprint density at radius 3 is 2.58 bits per heavy atom. The van der Waals surface area contributed by atoms with Gasteiger partial charge in [0, 0.05) is 81.4 Å². The van der Waals surface area contributed by atoms with E-state index in [0.29, 0.717) is 85.6 Å². The van der Waals surface area contributed by atoms with Gasteiger partial charge in [0.1, 0.15) is 12.3 Å². The van der Waals surface area contributed by atoms with Crippen LogP contribution in [0.1, 0.15) is 41.0 Å². The highest BCUT2D eigenvalue weighted by molar-refractivity contribution is 6.05. The number of aliphatic hydroxyl groups is 1. The number of nitrogens with zero attached hydrogens (tertiary/aromatic N) is 7. The summed E-state index contributed by atoms with van der Waals surface area (Å²) in [6.07, 6.45) is 3.87. The molecule has 0 spiro atoms. The van der Waals surface area contributed by atoms with E-state index in [0.717, 1.165) is 36.6 Å². The number of hydrogen-bond acceptors (Lipinski definition) is 14. The molecule has 7 heterocycles. The van der Waals surface area contributed by atoms with E-state index in [4.69, 9.17) is 18.8 Å². The van der Waals surface area contributed by atoms with Gasteiger partial charge in [-0.3, -0.25) is 29.6 Å². The van der Waals surface area contributed by atoms with Crippen LogP contribution >= 0.6 is 0 Å². The first-order valence-corrected chi connectivity index (χ1v) is 17.3. The van der Waals surface area contributed by atoms with Crippen LogP contribution in [0.15, 0.2) is 63.8 Å². The number of pyridine rings is 2. The van der Waals surface area contributed by atoms with Crippen LogP contribution in [0.5, 0.6) is 0 Å². The quantitative estimate of drug-likeness (QED) is 0.163. The number of aliphatic hydroxyl groups excluding tert-OH is 1. The molecule has 1 aromatic carbocycles. The fourth-order valence-electron chi connectivity index (χ4n) is 6.72. The highest BCUT2D eigenvalue weighted by Crippen LogP contribution is 2.33. The second-order valence-electron chi connectivity index (χ2n) is 13.4. The van der Waals surface area contributed by atoms with Crippen molar-refractivity contribution in [1.82, 2.24) is 30.2 Å². The van der Waals surface area contributed by atoms with Crippen molar-refractivity contribution in [3.05, 3.63) is 71.9 Å². The summed E-state index contributed by atoms with van der Waals surface area (Å²) in [6.45, 7) is 6.56. The summed E-state index contributed by atoms with van der Waals surface area (Å²) in [5.41, 5.74) is 4.86. The summed E-state index contributed by atoms with van der Waals surface area (Å²) in [7, 11) is 0. The number of amides is 3. The summed E-state index contributed by atoms with van der Waals surface area (Å²) in [4.78, 5) is 61.4. The van der Waals surface area contributed by atoms with E-state index >= 15 is 0 Å². The van der Waals surface area contributed by atoms with Crippen molar-refractivity contribution < 1.29 is 28.3 Å². The van der Waals surface area contributed by atoms with Crippen LogP contribution in [0.25, 0.3) is 22.7 Å². The van der Waals surface area contributed by atoms with Gasteiger partial charge in [-0.05, 0) is 49.6 Å². The molecule has 3 amide bonds. The van der Waals surface area contributed by atoms with Gasteiger partial charge in [-0.15, -0.1) is 0 Å². The topological polar surface area (TPSA) is 195 Å². The van der Waals surface area contributed by atoms with Crippen LogP contribution in [0, 0.1) is 6.92 Å². The predicted molar refractivity (Wildman–Crippen MR) is 191 cm³/mol. The first kappa shape index (κ1) is 33.3. The Hall–Kier alpha value is -5.87. The van der Waals surface area contributed by atoms with Gasteiger partial charge in [0.25, 0.3) is 11.9 Å². The summed E-state index contributed by atoms with van der Waals surface area (Å²) in [5.74, 6) is -0.191. The third kappa shape index (κ3) is 7.15. The first-order chi connectivity index (χ1) is 25.2. The fourth-order valence-corrected chi connectivity index (χ4v) is 6.72. The Morgan fingerprint density at radius 1 is 1.00 bits per heavy atom. The van der Waals surface area contributed by atoms with E-state index in [-0.39, 0.29) is 17.5 Å². The molecule has 4 aromatic heterocycles. The van der Waals surface area contributed by atoms with Crippen LogP contribution < -0.4 is 25.8 Å². The minimum absolute atomic E-state index is 0.105. The molecule has 3 saturated heterocycles. The minimum atomic E-state index is -0.500. The number of piperidine rings is 1. The number of carbonyl (C=O) groups is 3. The van der Waals surface area contributed by atoms with Crippen molar-refractivity contribution in [1.29, 1.82) is 0 Å². The number of rotatable bonds is 9. The van der Waals surface area contributed by atoms with Crippen molar-refractivity contribution >= 4 is 52.2 Å². The maximum absolute atomic E-state index is 13.4. The largest absolute Gasteiger partial charge is 0.444 e. The Morgan fingerprint density at radius 2 is 1.83 bits per heavy atom. The van der Waals surface area contributed by atoms with Crippen molar-refractivity contribution in [2.24, 2.45) is 0 Å². The molecule has 0 bridgehead atoms. The summed E-state index contributed by atoms with van der Waals surface area (Å²) < 4.78 is 11.8. The number of piperazine rings is 1. The highest BCUT2D eigenvalue weighted by atomic mass is 16.4. The molecule has 52 heavy (non-hydrogen) atoms. The number of nitrogens with one attached hydrogen (secondary N) is 3. The average molecular weight is 707 g/mol. The summed E-state index contributed by atoms with van der Waals surface area (Å²) in [5, 5.41) is 18.8. The zero-order valence-corrected chi connectivity index (χ0v) is 28.5. The van der Waals surface area contributed by atoms with Crippen LogP contribution in [0.2, 0.25) is 0 Å². The Kier molecular flexibility index (Phi) is 8.98. The molecule has 0 radical (unpaired) electrons. The molecule has 2 atom stereocenters. The lowest BCUT2D eigenvalue weighted by Gasteiger charge is -2.33. The molecule has 16 nitrogen and oxygen atoms in total. The van der Waals surface area contributed by atoms with Crippen molar-refractivity contribution in [2.75, 3.05) is 59.7 Å². The number of imide groups is 1. The van der Waals surface area contributed by atoms with Crippen LogP contribution in [0.4, 0.5) is 23.2 Å². The van der Waals surface area contributed by atoms with Gasteiger partial charge in [-0.25, -0.2) is 9.97 Å². The van der Waals surface area contributed by atoms with Gasteiger partial charge in [0.15, 0.2) is 17.1 Å². The normalized spacial score (nSPS) is 19.7. The Balaban J connectivity index is 0.929. The second kappa shape index (κ2) is 14.0. The molecule has 0 aliphatic carbocycles. The summed E-state index contributed by atoms with van der Waals surface area (Å²) in [6, 6.07) is 13.4. The monoisotopic (exact) mass is 706 g/mol. The Bertz CT molecular complexity index is 2120. The van der Waals surface area contributed by atoms with Crippen molar-refractivity contribution in [2.45, 2.75) is 44.9 Å². The zero-order chi connectivity index (χ0) is 35.8. The average Bonchev–Trinajstić information content (AvgIpc) is 3.90. The molecule has 1 unspecified atom stereocenters. The molecule has 268 valence electrons. The van der Waals surface area contributed by atoms with Gasteiger partial charge < -0.3 is 34.4 Å². The number of anilines is 4. The second-order valence-corrected chi connectivity index (χ2v) is 13.4. The molecule has 3 aliphatic heterocycles. The molecule has 3 aliphatic rings. The highest BCUT2D eigenvalue weighted by Gasteiger charge is 2.29. The van der Waals surface area contributed by atoms with Crippen molar-refractivity contribution in [3.8, 4) is 11.5 Å². The van der Waals surface area contributed by atoms with E-state index in [1.54, 1.807) is 18.3 Å². The third-order valence-electron chi connectivity index (χ3n) is 9.53. The first-order valence-electron chi connectivity index (χ1n) is 17.3. The lowest BCUT2D eigenvalue weighted by molar-refractivity contribution is -0.133. The number of β-amino-alcohol motifs (C(OH)–C–C–N with tert-alkyl or cyclic N) is 1. The number of carbonyl (C=O) groups excluding carboxylic acids is 3. The molecule has 3 fully saturated rings. The van der Waals surface area contributed by atoms with Crippen molar-refractivity contribution in [3.63, 3.8) is 0 Å². The molecule has 4 N–H and O–H groups in total. The smallest absolute Gasteiger partial charge is 0.300 e. The number of aromatic nitrogens is 4. The van der Waals surface area contributed by atoms with E-state index < -0.39 is 18.1 Å². The van der Waals surface area contributed by atoms with E-state index in [1.807, 2.05) is 42.2 Å². The number of fused-ring (bicyclic) bond motifs is 1. The van der Waals surface area contributed by atoms with Crippen LogP contribution in [-0.4, -0.2) is 99.1 Å². The number of hydrogen-bond donors (Lipinski definition) is 4. The van der Waals surface area contributed by atoms with E-state index in [1.165, 1.54) is 6.26 Å². The number of oxazole rings is 2. The molecule has 5 aromatic rings. The molecule has 8 rings (SSSR count). The van der Waals surface area contributed by atoms with Gasteiger partial charge in [0.05, 0.1) is 11.8 Å². The van der Waals surface area contributed by atoms with Crippen LogP contribution in [0.3, 0.4) is 0 Å². The molecular weight excluding hydrogens is 668 g/mol. The van der Waals surface area contributed by atoms with E-state index in [9.17, 15) is 19.5 Å². The standard InChI is InChI=1S/C36H38N10O6/c1-21-16-23(8-10-37-21)35-40-28(20-51-35)34(50)39-27-17-29-31(42-32(27)46-11-9-25(47)19-46)43-36(52-29)45-14-12-44(13-15-45)18-22-2-4-24(5-3-22)38-26-6-7-30(48)41-33(26)49/h2-5,8,10,16-17,20,25-26,38,47H,6-7,9,11-15,18-19H2,1H3,(H,39,50)(H,41,48,49)/t25-,26?/m1/s1.